The Balaban J connectivity index is 1.16. The van der Waals surface area contributed by atoms with Crippen LogP contribution in [0.1, 0.15) is 42.9 Å². The van der Waals surface area contributed by atoms with E-state index in [0.29, 0.717) is 23.1 Å². The zero-order valence-corrected chi connectivity index (χ0v) is 23.6. The Kier molecular flexibility index (Phi) is 6.65. The number of hydrogen-bond donors (Lipinski definition) is 3. The van der Waals surface area contributed by atoms with Crippen LogP contribution in [0.25, 0.3) is 33.3 Å². The predicted octanol–water partition coefficient (Wildman–Crippen LogP) is 6.90. The van der Waals surface area contributed by atoms with Crippen molar-refractivity contribution in [1.29, 1.82) is 0 Å². The number of benzene rings is 2. The van der Waals surface area contributed by atoms with Crippen molar-refractivity contribution in [2.75, 3.05) is 24.1 Å². The number of anilines is 3. The molecule has 1 saturated carbocycles. The quantitative estimate of drug-likeness (QED) is 0.204. The van der Waals surface area contributed by atoms with Crippen molar-refractivity contribution in [2.45, 2.75) is 64.0 Å². The number of nitrogens with two attached hydrogens (primary N) is 1. The summed E-state index contributed by atoms with van der Waals surface area (Å²) in [5.41, 5.74) is 12.6. The zero-order chi connectivity index (χ0) is 28.1. The van der Waals surface area contributed by atoms with Gasteiger partial charge in [-0.05, 0) is 74.7 Å². The molecule has 0 atom stereocenters. The Morgan fingerprint density at radius 3 is 2.66 bits per heavy atom. The first-order chi connectivity index (χ1) is 19.9. The van der Waals surface area contributed by atoms with Crippen LogP contribution in [-0.2, 0) is 0 Å². The lowest BCUT2D eigenvalue weighted by Gasteiger charge is -2.35. The summed E-state index contributed by atoms with van der Waals surface area (Å²) in [7, 11) is 0. The maximum absolute atomic E-state index is 15.5. The molecule has 2 aromatic carbocycles. The van der Waals surface area contributed by atoms with Gasteiger partial charge in [0.15, 0.2) is 5.58 Å². The highest BCUT2D eigenvalue weighted by atomic mass is 19.1. The van der Waals surface area contributed by atoms with Crippen LogP contribution in [-0.4, -0.2) is 39.3 Å². The molecule has 7 rings (SSSR count). The van der Waals surface area contributed by atoms with E-state index in [1.54, 1.807) is 6.07 Å². The highest BCUT2D eigenvalue weighted by molar-refractivity contribution is 6.60. The average Bonchev–Trinajstić information content (AvgIpc) is 3.57. The van der Waals surface area contributed by atoms with E-state index in [-0.39, 0.29) is 6.01 Å². The first-order valence-corrected chi connectivity index (χ1v) is 14.7. The van der Waals surface area contributed by atoms with E-state index in [0.717, 1.165) is 77.3 Å². The summed E-state index contributed by atoms with van der Waals surface area (Å²) >= 11 is 0. The molecule has 10 heteroatoms. The number of nitrogens with one attached hydrogen (secondary N) is 2. The van der Waals surface area contributed by atoms with Crippen molar-refractivity contribution in [3.63, 3.8) is 0 Å². The number of halogens is 1. The third-order valence-corrected chi connectivity index (χ3v) is 9.17. The second-order valence-corrected chi connectivity index (χ2v) is 11.8. The molecule has 4 heterocycles. The first kappa shape index (κ1) is 26.0. The van der Waals surface area contributed by atoms with Gasteiger partial charge in [-0.3, -0.25) is 0 Å². The lowest BCUT2D eigenvalue weighted by molar-refractivity contribution is 0.355. The zero-order valence-electron chi connectivity index (χ0n) is 23.6. The van der Waals surface area contributed by atoms with Gasteiger partial charge in [0.25, 0.3) is 6.01 Å². The Hall–Kier alpha value is -3.92. The minimum atomic E-state index is -0.406. The summed E-state index contributed by atoms with van der Waals surface area (Å²) in [4.78, 5) is 13.4. The molecule has 2 fully saturated rings. The normalized spacial score (nSPS) is 19.7. The number of hydrogen-bond acceptors (Lipinski definition) is 7. The van der Waals surface area contributed by atoms with Crippen molar-refractivity contribution >= 4 is 46.4 Å². The molecular formula is C31H35BFN7O. The molecule has 1 aliphatic carbocycles. The van der Waals surface area contributed by atoms with Gasteiger partial charge in [-0.2, -0.15) is 4.98 Å². The number of rotatable bonds is 5. The maximum atomic E-state index is 15.5. The van der Waals surface area contributed by atoms with E-state index in [9.17, 15) is 0 Å². The fourth-order valence-corrected chi connectivity index (χ4v) is 7.10. The molecule has 0 unspecified atom stereocenters. The Labute approximate surface area is 239 Å². The summed E-state index contributed by atoms with van der Waals surface area (Å²) in [5.74, 6) is 0.806. The van der Waals surface area contributed by atoms with Gasteiger partial charge in [-0.15, -0.1) is 0 Å². The van der Waals surface area contributed by atoms with Crippen LogP contribution in [0.5, 0.6) is 0 Å². The van der Waals surface area contributed by atoms with Crippen LogP contribution in [0.3, 0.4) is 0 Å². The summed E-state index contributed by atoms with van der Waals surface area (Å²) in [6, 6.07) is 9.73. The molecule has 0 amide bonds. The number of fused-ring (bicyclic) bond motifs is 2. The second-order valence-electron chi connectivity index (χ2n) is 11.8. The van der Waals surface area contributed by atoms with Crippen molar-refractivity contribution in [2.24, 2.45) is 0 Å². The van der Waals surface area contributed by atoms with E-state index in [1.165, 1.54) is 37.9 Å². The number of nitrogen functional groups attached to an aromatic ring is 1. The van der Waals surface area contributed by atoms with Gasteiger partial charge >= 0.3 is 0 Å². The van der Waals surface area contributed by atoms with Gasteiger partial charge in [0.1, 0.15) is 35.8 Å². The van der Waals surface area contributed by atoms with Crippen LogP contribution >= 0.6 is 0 Å². The lowest BCUT2D eigenvalue weighted by Crippen LogP contribution is -2.37. The van der Waals surface area contributed by atoms with Gasteiger partial charge in [0.2, 0.25) is 0 Å². The summed E-state index contributed by atoms with van der Waals surface area (Å²) in [6.07, 6.45) is 10.9. The number of oxazole rings is 1. The highest BCUT2D eigenvalue weighted by Gasteiger charge is 2.32. The van der Waals surface area contributed by atoms with Crippen LogP contribution in [0.4, 0.5) is 21.9 Å². The van der Waals surface area contributed by atoms with E-state index in [1.807, 2.05) is 32.0 Å². The molecule has 41 heavy (non-hydrogen) atoms. The monoisotopic (exact) mass is 551 g/mol. The molecular weight excluding hydrogens is 516 g/mol. The molecule has 210 valence electrons. The van der Waals surface area contributed by atoms with Crippen LogP contribution < -0.4 is 16.4 Å². The molecule has 0 spiro atoms. The number of aryl methyl sites for hydroxylation is 2. The Bertz CT molecular complexity index is 1730. The molecule has 1 saturated heterocycles. The van der Waals surface area contributed by atoms with Crippen molar-refractivity contribution in [3.05, 3.63) is 59.8 Å². The smallest absolute Gasteiger partial charge is 0.300 e. The van der Waals surface area contributed by atoms with Crippen LogP contribution in [0, 0.1) is 19.7 Å². The number of aromatic nitrogens is 4. The highest BCUT2D eigenvalue weighted by Crippen LogP contribution is 2.43. The fraction of sp³-hybridized carbons (Fsp3) is 0.387. The number of nitrogens with zero attached hydrogens (tertiary/aromatic N) is 4. The van der Waals surface area contributed by atoms with Crippen molar-refractivity contribution in [1.82, 2.24) is 24.8 Å². The van der Waals surface area contributed by atoms with Crippen LogP contribution in [0.2, 0.25) is 18.5 Å². The SMILES string of the molecule is Cc1cc(C)c2oc(Nc3ccc(-c4cn(C5CCC(B6CCNCC6)CC5)c5ncnc(N)c45)cc3F)nc2c1. The molecule has 0 bridgehead atoms. The van der Waals surface area contributed by atoms with Gasteiger partial charge in [-0.25, -0.2) is 14.4 Å². The molecule has 8 nitrogen and oxygen atoms in total. The molecule has 0 radical (unpaired) electrons. The van der Waals surface area contributed by atoms with Crippen LogP contribution in [0.15, 0.2) is 47.3 Å². The molecule has 4 N–H and O–H groups in total. The summed E-state index contributed by atoms with van der Waals surface area (Å²) in [6.45, 7) is 7.12. The van der Waals surface area contributed by atoms with Gasteiger partial charge < -0.3 is 25.4 Å². The second kappa shape index (κ2) is 10.5. The van der Waals surface area contributed by atoms with E-state index < -0.39 is 5.82 Å². The maximum Gasteiger partial charge on any atom is 0.300 e. The molecule has 5 aromatic rings. The fourth-order valence-electron chi connectivity index (χ4n) is 7.10. The van der Waals surface area contributed by atoms with Gasteiger partial charge in [0.05, 0.1) is 11.1 Å². The third-order valence-electron chi connectivity index (χ3n) is 9.17. The van der Waals surface area contributed by atoms with E-state index in [4.69, 9.17) is 10.2 Å². The Morgan fingerprint density at radius 2 is 1.88 bits per heavy atom. The summed E-state index contributed by atoms with van der Waals surface area (Å²) < 4.78 is 23.6. The average molecular weight is 551 g/mol. The summed E-state index contributed by atoms with van der Waals surface area (Å²) in [5, 5.41) is 7.28. The lowest BCUT2D eigenvalue weighted by atomic mass is 9.34. The topological polar surface area (TPSA) is 107 Å². The van der Waals surface area contributed by atoms with E-state index in [2.05, 4.69) is 36.3 Å². The standard InChI is InChI=1S/C31H35BFN7O/c1-18-13-19(2)28-26(14-18)39-31(41-28)38-25-8-3-20(15-24(25)33)23-16-40(30-27(23)29(34)36-17-37-30)22-6-4-21(5-7-22)32-9-11-35-12-10-32/h3,8,13-17,21-22,35H,4-7,9-12H2,1-2H3,(H,38,39)(H2,34,36,37). The van der Waals surface area contributed by atoms with Gasteiger partial charge in [-0.1, -0.05) is 43.4 Å². The van der Waals surface area contributed by atoms with Gasteiger partial charge in [0, 0.05) is 17.8 Å². The third kappa shape index (κ3) is 4.84. The molecule has 1 aliphatic heterocycles. The van der Waals surface area contributed by atoms with E-state index >= 15 is 4.39 Å². The first-order valence-electron chi connectivity index (χ1n) is 14.7. The van der Waals surface area contributed by atoms with Crippen molar-refractivity contribution in [3.8, 4) is 11.1 Å². The predicted molar refractivity (Wildman–Crippen MR) is 164 cm³/mol. The largest absolute Gasteiger partial charge is 0.423 e. The minimum absolute atomic E-state index is 0.259. The Morgan fingerprint density at radius 1 is 1.07 bits per heavy atom. The molecule has 2 aliphatic rings. The van der Waals surface area contributed by atoms with Crippen molar-refractivity contribution < 1.29 is 8.81 Å². The molecule has 3 aromatic heterocycles. The minimum Gasteiger partial charge on any atom is -0.423 e.